The van der Waals surface area contributed by atoms with Crippen LogP contribution < -0.4 is 10.1 Å². The number of rotatable bonds is 9. The largest absolute Gasteiger partial charge is 0.493 e. The van der Waals surface area contributed by atoms with E-state index in [0.717, 1.165) is 16.9 Å². The van der Waals surface area contributed by atoms with Gasteiger partial charge in [-0.15, -0.1) is 0 Å². The fourth-order valence-corrected chi connectivity index (χ4v) is 1.86. The van der Waals surface area contributed by atoms with Gasteiger partial charge in [-0.25, -0.2) is 0 Å². The zero-order valence-corrected chi connectivity index (χ0v) is 13.0. The van der Waals surface area contributed by atoms with Crippen molar-refractivity contribution in [2.45, 2.75) is 32.8 Å². The first-order chi connectivity index (χ1) is 10.0. The lowest BCUT2D eigenvalue weighted by Crippen LogP contribution is -2.29. The number of aliphatic hydroxyl groups excluding tert-OH is 1. The minimum absolute atomic E-state index is 0.0788. The first-order valence-corrected chi connectivity index (χ1v) is 7.16. The third kappa shape index (κ3) is 7.11. The van der Waals surface area contributed by atoms with Crippen LogP contribution in [0.25, 0.3) is 0 Å². The lowest BCUT2D eigenvalue weighted by Gasteiger charge is -2.11. The number of methoxy groups -OCH3 is 1. The van der Waals surface area contributed by atoms with Gasteiger partial charge in [-0.1, -0.05) is 12.1 Å². The second-order valence-electron chi connectivity index (χ2n) is 5.12. The number of aliphatic hydroxyl groups is 1. The third-order valence-electron chi connectivity index (χ3n) is 3.09. The van der Waals surface area contributed by atoms with Gasteiger partial charge in [-0.05, 0) is 37.5 Å². The molecular weight excluding hydrogens is 270 g/mol. The number of ether oxygens (including phenoxy) is 2. The highest BCUT2D eigenvalue weighted by Crippen LogP contribution is 2.19. The van der Waals surface area contributed by atoms with E-state index < -0.39 is 6.10 Å². The summed E-state index contributed by atoms with van der Waals surface area (Å²) in [6, 6.07) is 6.00. The number of nitrogens with one attached hydrogen (secondary N) is 1. The summed E-state index contributed by atoms with van der Waals surface area (Å²) < 4.78 is 10.4. The first kappa shape index (κ1) is 17.5. The first-order valence-electron chi connectivity index (χ1n) is 7.16. The van der Waals surface area contributed by atoms with Crippen LogP contribution in [0.2, 0.25) is 0 Å². The molecule has 0 saturated carbocycles. The van der Waals surface area contributed by atoms with Gasteiger partial charge in [-0.3, -0.25) is 4.79 Å². The summed E-state index contributed by atoms with van der Waals surface area (Å²) in [7, 11) is 1.53. The van der Waals surface area contributed by atoms with Crippen LogP contribution >= 0.6 is 0 Å². The van der Waals surface area contributed by atoms with E-state index in [9.17, 15) is 9.90 Å². The average Bonchev–Trinajstić information content (AvgIpc) is 2.43. The van der Waals surface area contributed by atoms with Crippen molar-refractivity contribution in [1.82, 2.24) is 5.32 Å². The molecule has 5 heteroatoms. The topological polar surface area (TPSA) is 67.8 Å². The molecule has 1 amide bonds. The van der Waals surface area contributed by atoms with Gasteiger partial charge in [0.05, 0.1) is 25.7 Å². The SMILES string of the molecule is COCC(O)CCNC(=O)CCOc1cc(C)ccc1C. The van der Waals surface area contributed by atoms with E-state index in [1.54, 1.807) is 0 Å². The predicted octanol–water partition coefficient (Wildman–Crippen LogP) is 1.59. The summed E-state index contributed by atoms with van der Waals surface area (Å²) in [6.07, 6.45) is 0.243. The lowest BCUT2D eigenvalue weighted by atomic mass is 10.1. The van der Waals surface area contributed by atoms with Gasteiger partial charge in [0.1, 0.15) is 5.75 Å². The normalized spacial score (nSPS) is 12.0. The molecule has 0 saturated heterocycles. The Balaban J connectivity index is 2.20. The quantitative estimate of drug-likeness (QED) is 0.726. The molecule has 0 fully saturated rings. The summed E-state index contributed by atoms with van der Waals surface area (Å²) in [5.41, 5.74) is 2.19. The van der Waals surface area contributed by atoms with Gasteiger partial charge >= 0.3 is 0 Å². The van der Waals surface area contributed by atoms with E-state index in [0.29, 0.717) is 26.0 Å². The van der Waals surface area contributed by atoms with Gasteiger partial charge in [0.2, 0.25) is 5.91 Å². The Labute approximate surface area is 126 Å². The van der Waals surface area contributed by atoms with Crippen molar-refractivity contribution in [3.63, 3.8) is 0 Å². The average molecular weight is 295 g/mol. The monoisotopic (exact) mass is 295 g/mol. The summed E-state index contributed by atoms with van der Waals surface area (Å²) in [4.78, 5) is 11.6. The van der Waals surface area contributed by atoms with Crippen molar-refractivity contribution in [3.05, 3.63) is 29.3 Å². The lowest BCUT2D eigenvalue weighted by molar-refractivity contribution is -0.121. The van der Waals surface area contributed by atoms with E-state index in [1.165, 1.54) is 7.11 Å². The maximum Gasteiger partial charge on any atom is 0.223 e. The van der Waals surface area contributed by atoms with Crippen LogP contribution in [0.4, 0.5) is 0 Å². The molecule has 1 rings (SSSR count). The Morgan fingerprint density at radius 3 is 2.86 bits per heavy atom. The van der Waals surface area contributed by atoms with E-state index in [-0.39, 0.29) is 12.5 Å². The van der Waals surface area contributed by atoms with Crippen LogP contribution in [0, 0.1) is 13.8 Å². The van der Waals surface area contributed by atoms with Crippen molar-refractivity contribution in [1.29, 1.82) is 0 Å². The van der Waals surface area contributed by atoms with Gasteiger partial charge in [0.15, 0.2) is 0 Å². The molecule has 0 aliphatic heterocycles. The molecular formula is C16H25NO4. The smallest absolute Gasteiger partial charge is 0.223 e. The fourth-order valence-electron chi connectivity index (χ4n) is 1.86. The van der Waals surface area contributed by atoms with E-state index in [2.05, 4.69) is 5.32 Å². The molecule has 0 aliphatic rings. The van der Waals surface area contributed by atoms with Crippen molar-refractivity contribution in [3.8, 4) is 5.75 Å². The van der Waals surface area contributed by atoms with Crippen molar-refractivity contribution >= 4 is 5.91 Å². The molecule has 0 aliphatic carbocycles. The Hall–Kier alpha value is -1.59. The number of carbonyl (C=O) groups is 1. The minimum Gasteiger partial charge on any atom is -0.493 e. The number of aryl methyl sites for hydroxylation is 2. The van der Waals surface area contributed by atoms with Gasteiger partial charge < -0.3 is 19.9 Å². The van der Waals surface area contributed by atoms with E-state index in [1.807, 2.05) is 32.0 Å². The van der Waals surface area contributed by atoms with Crippen LogP contribution in [0.3, 0.4) is 0 Å². The maximum atomic E-state index is 11.6. The van der Waals surface area contributed by atoms with Crippen LogP contribution in [-0.2, 0) is 9.53 Å². The number of benzene rings is 1. The standard InChI is InChI=1S/C16H25NO4/c1-12-4-5-13(2)15(10-12)21-9-7-16(19)17-8-6-14(18)11-20-3/h4-5,10,14,18H,6-9,11H2,1-3H3,(H,17,19). The number of hydrogen-bond acceptors (Lipinski definition) is 4. The molecule has 0 radical (unpaired) electrons. The maximum absolute atomic E-state index is 11.6. The molecule has 0 heterocycles. The highest BCUT2D eigenvalue weighted by Gasteiger charge is 2.06. The number of amides is 1. The van der Waals surface area contributed by atoms with Gasteiger partial charge in [0, 0.05) is 13.7 Å². The third-order valence-corrected chi connectivity index (χ3v) is 3.09. The molecule has 0 spiro atoms. The van der Waals surface area contributed by atoms with Crippen molar-refractivity contribution < 1.29 is 19.4 Å². The Morgan fingerprint density at radius 1 is 1.38 bits per heavy atom. The number of hydrogen-bond donors (Lipinski definition) is 2. The molecule has 0 aromatic heterocycles. The van der Waals surface area contributed by atoms with Crippen molar-refractivity contribution in [2.75, 3.05) is 26.9 Å². The Morgan fingerprint density at radius 2 is 2.14 bits per heavy atom. The number of carbonyl (C=O) groups excluding carboxylic acids is 1. The molecule has 1 unspecified atom stereocenters. The molecule has 2 N–H and O–H groups in total. The second kappa shape index (κ2) is 9.37. The summed E-state index contributed by atoms with van der Waals surface area (Å²) >= 11 is 0. The van der Waals surface area contributed by atoms with Crippen LogP contribution in [0.15, 0.2) is 18.2 Å². The van der Waals surface area contributed by atoms with E-state index in [4.69, 9.17) is 9.47 Å². The highest BCUT2D eigenvalue weighted by molar-refractivity contribution is 5.75. The highest BCUT2D eigenvalue weighted by atomic mass is 16.5. The van der Waals surface area contributed by atoms with Crippen molar-refractivity contribution in [2.24, 2.45) is 0 Å². The summed E-state index contributed by atoms with van der Waals surface area (Å²) in [5, 5.41) is 12.2. The van der Waals surface area contributed by atoms with E-state index >= 15 is 0 Å². The predicted molar refractivity (Wildman–Crippen MR) is 81.5 cm³/mol. The van der Waals surface area contributed by atoms with Gasteiger partial charge in [-0.2, -0.15) is 0 Å². The summed E-state index contributed by atoms with van der Waals surface area (Å²) in [5.74, 6) is 0.739. The molecule has 118 valence electrons. The Kier molecular flexibility index (Phi) is 7.79. The minimum atomic E-state index is -0.540. The zero-order valence-electron chi connectivity index (χ0n) is 13.0. The van der Waals surface area contributed by atoms with Crippen LogP contribution in [-0.4, -0.2) is 44.0 Å². The molecule has 5 nitrogen and oxygen atoms in total. The van der Waals surface area contributed by atoms with Crippen LogP contribution in [0.5, 0.6) is 5.75 Å². The zero-order chi connectivity index (χ0) is 15.7. The molecule has 0 bridgehead atoms. The second-order valence-corrected chi connectivity index (χ2v) is 5.12. The molecule has 1 atom stereocenters. The Bertz CT molecular complexity index is 448. The fraction of sp³-hybridized carbons (Fsp3) is 0.562. The molecule has 1 aromatic carbocycles. The molecule has 1 aromatic rings. The van der Waals surface area contributed by atoms with Gasteiger partial charge in [0.25, 0.3) is 0 Å². The van der Waals surface area contributed by atoms with Crippen LogP contribution in [0.1, 0.15) is 24.0 Å². The summed E-state index contributed by atoms with van der Waals surface area (Å²) in [6.45, 7) is 5.05. The molecule has 21 heavy (non-hydrogen) atoms.